The van der Waals surface area contributed by atoms with Gasteiger partial charge in [0.1, 0.15) is 0 Å². The number of hydrogen-bond donors (Lipinski definition) is 1. The number of nitrogens with one attached hydrogen (secondary N) is 1. The third kappa shape index (κ3) is 3.02. The van der Waals surface area contributed by atoms with Crippen LogP contribution in [0, 0.1) is 6.92 Å². The van der Waals surface area contributed by atoms with Crippen molar-refractivity contribution in [1.29, 1.82) is 0 Å². The molecule has 17 heavy (non-hydrogen) atoms. The SMILES string of the molecule is CCC(CC)(CC)Nc1nc(C)cn1C(C)C. The minimum Gasteiger partial charge on any atom is -0.350 e. The third-order valence-corrected chi connectivity index (χ3v) is 3.82. The second-order valence-electron chi connectivity index (χ2n) is 5.17. The molecule has 1 rings (SSSR count). The quantitative estimate of drug-likeness (QED) is 0.805. The topological polar surface area (TPSA) is 29.9 Å². The van der Waals surface area contributed by atoms with Gasteiger partial charge in [-0.25, -0.2) is 4.98 Å². The van der Waals surface area contributed by atoms with Crippen LogP contribution in [-0.2, 0) is 0 Å². The molecule has 1 N–H and O–H groups in total. The maximum Gasteiger partial charge on any atom is 0.203 e. The molecule has 0 amide bonds. The number of nitrogens with zero attached hydrogens (tertiary/aromatic N) is 2. The molecule has 0 bridgehead atoms. The average molecular weight is 237 g/mol. The van der Waals surface area contributed by atoms with Crippen molar-refractivity contribution in [2.75, 3.05) is 5.32 Å². The molecule has 3 nitrogen and oxygen atoms in total. The number of rotatable bonds is 6. The predicted molar refractivity (Wildman–Crippen MR) is 74.6 cm³/mol. The van der Waals surface area contributed by atoms with Gasteiger partial charge in [-0.1, -0.05) is 20.8 Å². The van der Waals surface area contributed by atoms with Gasteiger partial charge in [0.25, 0.3) is 0 Å². The van der Waals surface area contributed by atoms with Crippen LogP contribution in [0.1, 0.15) is 65.6 Å². The van der Waals surface area contributed by atoms with Crippen LogP contribution in [0.5, 0.6) is 0 Å². The lowest BCUT2D eigenvalue weighted by molar-refractivity contribution is 0.412. The van der Waals surface area contributed by atoms with Crippen LogP contribution in [-0.4, -0.2) is 15.1 Å². The summed E-state index contributed by atoms with van der Waals surface area (Å²) in [6.07, 6.45) is 5.51. The van der Waals surface area contributed by atoms with Crippen LogP contribution in [0.2, 0.25) is 0 Å². The molecule has 1 heterocycles. The van der Waals surface area contributed by atoms with E-state index in [1.807, 2.05) is 0 Å². The van der Waals surface area contributed by atoms with Crippen molar-refractivity contribution in [3.8, 4) is 0 Å². The third-order valence-electron chi connectivity index (χ3n) is 3.82. The summed E-state index contributed by atoms with van der Waals surface area (Å²) < 4.78 is 2.23. The lowest BCUT2D eigenvalue weighted by Gasteiger charge is -2.33. The van der Waals surface area contributed by atoms with E-state index in [1.165, 1.54) is 0 Å². The highest BCUT2D eigenvalue weighted by atomic mass is 15.2. The minimum atomic E-state index is 0.185. The summed E-state index contributed by atoms with van der Waals surface area (Å²) in [4.78, 5) is 4.61. The Morgan fingerprint density at radius 3 is 2.18 bits per heavy atom. The predicted octanol–water partition coefficient (Wildman–Crippen LogP) is 4.15. The van der Waals surface area contributed by atoms with Crippen LogP contribution >= 0.6 is 0 Å². The van der Waals surface area contributed by atoms with E-state index in [9.17, 15) is 0 Å². The van der Waals surface area contributed by atoms with Crippen molar-refractivity contribution >= 4 is 5.95 Å². The Hall–Kier alpha value is -0.990. The fraction of sp³-hybridized carbons (Fsp3) is 0.786. The lowest BCUT2D eigenvalue weighted by atomic mass is 9.90. The highest BCUT2D eigenvalue weighted by Crippen LogP contribution is 2.26. The molecule has 3 heteroatoms. The average Bonchev–Trinajstić information content (AvgIpc) is 2.67. The first-order valence-corrected chi connectivity index (χ1v) is 6.81. The first-order chi connectivity index (χ1) is 7.98. The van der Waals surface area contributed by atoms with E-state index < -0.39 is 0 Å². The summed E-state index contributed by atoms with van der Waals surface area (Å²) >= 11 is 0. The molecule has 0 aliphatic carbocycles. The largest absolute Gasteiger partial charge is 0.350 e. The summed E-state index contributed by atoms with van der Waals surface area (Å²) in [5, 5.41) is 3.66. The second-order valence-corrected chi connectivity index (χ2v) is 5.17. The molecule has 0 saturated heterocycles. The van der Waals surface area contributed by atoms with Crippen LogP contribution in [0.15, 0.2) is 6.20 Å². The maximum atomic E-state index is 4.61. The lowest BCUT2D eigenvalue weighted by Crippen LogP contribution is -2.37. The van der Waals surface area contributed by atoms with Crippen molar-refractivity contribution in [1.82, 2.24) is 9.55 Å². The number of imidazole rings is 1. The maximum absolute atomic E-state index is 4.61. The van der Waals surface area contributed by atoms with Gasteiger partial charge < -0.3 is 9.88 Å². The van der Waals surface area contributed by atoms with Gasteiger partial charge in [0.05, 0.1) is 5.69 Å². The van der Waals surface area contributed by atoms with Gasteiger partial charge in [-0.15, -0.1) is 0 Å². The van der Waals surface area contributed by atoms with Gasteiger partial charge >= 0.3 is 0 Å². The minimum absolute atomic E-state index is 0.185. The molecule has 0 aliphatic rings. The Bertz CT molecular complexity index is 340. The molecule has 0 fully saturated rings. The van der Waals surface area contributed by atoms with Crippen molar-refractivity contribution in [2.24, 2.45) is 0 Å². The van der Waals surface area contributed by atoms with Crippen LogP contribution in [0.25, 0.3) is 0 Å². The van der Waals surface area contributed by atoms with E-state index in [1.54, 1.807) is 0 Å². The summed E-state index contributed by atoms with van der Waals surface area (Å²) in [6.45, 7) is 13.2. The van der Waals surface area contributed by atoms with Crippen molar-refractivity contribution in [2.45, 2.75) is 72.4 Å². The highest BCUT2D eigenvalue weighted by Gasteiger charge is 2.25. The van der Waals surface area contributed by atoms with Crippen LogP contribution < -0.4 is 5.32 Å². The first kappa shape index (κ1) is 14.1. The molecule has 98 valence electrons. The van der Waals surface area contributed by atoms with E-state index in [2.05, 4.69) is 62.6 Å². The first-order valence-electron chi connectivity index (χ1n) is 6.81. The Kier molecular flexibility index (Phi) is 4.61. The highest BCUT2D eigenvalue weighted by molar-refractivity contribution is 5.33. The molecule has 0 atom stereocenters. The van der Waals surface area contributed by atoms with Gasteiger partial charge in [-0.3, -0.25) is 0 Å². The monoisotopic (exact) mass is 237 g/mol. The van der Waals surface area contributed by atoms with Crippen molar-refractivity contribution in [3.63, 3.8) is 0 Å². The summed E-state index contributed by atoms with van der Waals surface area (Å²) in [6, 6.07) is 0.446. The standard InChI is InChI=1S/C14H27N3/c1-7-14(8-2,9-3)16-13-15-12(6)10-17(13)11(4)5/h10-11H,7-9H2,1-6H3,(H,15,16). The number of hydrogen-bond acceptors (Lipinski definition) is 2. The van der Waals surface area contributed by atoms with E-state index >= 15 is 0 Å². The Labute approximate surface area is 106 Å². The molecule has 0 saturated carbocycles. The second kappa shape index (κ2) is 5.56. The summed E-state index contributed by atoms with van der Waals surface area (Å²) in [5.41, 5.74) is 1.27. The fourth-order valence-corrected chi connectivity index (χ4v) is 2.25. The van der Waals surface area contributed by atoms with Gasteiger partial charge in [0.2, 0.25) is 5.95 Å². The molecule has 0 unspecified atom stereocenters. The molecule has 0 radical (unpaired) electrons. The van der Waals surface area contributed by atoms with E-state index in [0.29, 0.717) is 6.04 Å². The van der Waals surface area contributed by atoms with Gasteiger partial charge in [-0.2, -0.15) is 0 Å². The number of anilines is 1. The van der Waals surface area contributed by atoms with Crippen LogP contribution in [0.3, 0.4) is 0 Å². The Morgan fingerprint density at radius 1 is 1.24 bits per heavy atom. The summed E-state index contributed by atoms with van der Waals surface area (Å²) in [5.74, 6) is 1.02. The zero-order valence-electron chi connectivity index (χ0n) is 12.2. The molecule has 0 aliphatic heterocycles. The van der Waals surface area contributed by atoms with Gasteiger partial charge in [0.15, 0.2) is 0 Å². The van der Waals surface area contributed by atoms with Crippen molar-refractivity contribution < 1.29 is 0 Å². The summed E-state index contributed by atoms with van der Waals surface area (Å²) in [7, 11) is 0. The molecule has 1 aromatic heterocycles. The fourth-order valence-electron chi connectivity index (χ4n) is 2.25. The normalized spacial score (nSPS) is 12.2. The van der Waals surface area contributed by atoms with E-state index in [4.69, 9.17) is 0 Å². The van der Waals surface area contributed by atoms with Crippen molar-refractivity contribution in [3.05, 3.63) is 11.9 Å². The number of aryl methyl sites for hydroxylation is 1. The van der Waals surface area contributed by atoms with Crippen LogP contribution in [0.4, 0.5) is 5.95 Å². The Morgan fingerprint density at radius 2 is 1.76 bits per heavy atom. The zero-order valence-corrected chi connectivity index (χ0v) is 12.2. The van der Waals surface area contributed by atoms with Gasteiger partial charge in [-0.05, 0) is 40.0 Å². The molecular weight excluding hydrogens is 210 g/mol. The molecule has 0 spiro atoms. The molecular formula is C14H27N3. The molecule has 0 aromatic carbocycles. The zero-order chi connectivity index (χ0) is 13.1. The Balaban J connectivity index is 3.00. The smallest absolute Gasteiger partial charge is 0.203 e. The van der Waals surface area contributed by atoms with E-state index in [-0.39, 0.29) is 5.54 Å². The van der Waals surface area contributed by atoms with Gasteiger partial charge in [0, 0.05) is 17.8 Å². The van der Waals surface area contributed by atoms with E-state index in [0.717, 1.165) is 30.9 Å². The number of aromatic nitrogens is 2. The molecule has 1 aromatic rings.